The van der Waals surface area contributed by atoms with Gasteiger partial charge in [-0.2, -0.15) is 0 Å². The van der Waals surface area contributed by atoms with Crippen molar-refractivity contribution in [1.82, 2.24) is 9.80 Å². The maximum atomic E-state index is 14.2. The largest absolute Gasteiger partial charge is 0.381 e. The standard InChI is InChI=1S/C19H24ClFN2O2/c20-14-2-4-17(18(21)9-14)19(24)23-11-13-1-3-16(23)12-22(10-13)15-5-7-25-8-6-15/h2,4,9,13,15-16H,1,3,5-8,10-12H2/t13-,16+/m1/s1. The highest BCUT2D eigenvalue weighted by Gasteiger charge is 2.39. The van der Waals surface area contributed by atoms with E-state index in [-0.39, 0.29) is 17.5 Å². The maximum Gasteiger partial charge on any atom is 0.257 e. The lowest BCUT2D eigenvalue weighted by Crippen LogP contribution is -2.48. The summed E-state index contributed by atoms with van der Waals surface area (Å²) in [5, 5.41) is 0.317. The summed E-state index contributed by atoms with van der Waals surface area (Å²) < 4.78 is 19.7. The van der Waals surface area contributed by atoms with Gasteiger partial charge in [0.25, 0.3) is 5.91 Å². The molecular formula is C19H24ClFN2O2. The highest BCUT2D eigenvalue weighted by molar-refractivity contribution is 6.30. The number of fused-ring (bicyclic) bond motifs is 4. The summed E-state index contributed by atoms with van der Waals surface area (Å²) in [5.74, 6) is -0.252. The van der Waals surface area contributed by atoms with Crippen molar-refractivity contribution in [3.63, 3.8) is 0 Å². The number of halogens is 2. The molecule has 4 nitrogen and oxygen atoms in total. The first-order chi connectivity index (χ1) is 12.1. The maximum absolute atomic E-state index is 14.2. The number of carbonyl (C=O) groups excluding carboxylic acids is 1. The van der Waals surface area contributed by atoms with Crippen molar-refractivity contribution in [3.05, 3.63) is 34.6 Å². The Hall–Kier alpha value is -1.17. The predicted octanol–water partition coefficient (Wildman–Crippen LogP) is 3.19. The molecule has 0 N–H and O–H groups in total. The molecule has 4 heterocycles. The smallest absolute Gasteiger partial charge is 0.257 e. The van der Waals surface area contributed by atoms with Gasteiger partial charge in [-0.25, -0.2) is 4.39 Å². The Kier molecular flexibility index (Phi) is 4.98. The van der Waals surface area contributed by atoms with E-state index in [2.05, 4.69) is 4.90 Å². The van der Waals surface area contributed by atoms with Crippen LogP contribution < -0.4 is 0 Å². The Morgan fingerprint density at radius 2 is 1.88 bits per heavy atom. The Morgan fingerprint density at radius 3 is 2.64 bits per heavy atom. The van der Waals surface area contributed by atoms with Gasteiger partial charge in [-0.05, 0) is 49.8 Å². The van der Waals surface area contributed by atoms with Crippen molar-refractivity contribution in [3.8, 4) is 0 Å². The molecule has 2 atom stereocenters. The van der Waals surface area contributed by atoms with Crippen LogP contribution in [-0.4, -0.2) is 60.6 Å². The Morgan fingerprint density at radius 1 is 1.08 bits per heavy atom. The monoisotopic (exact) mass is 366 g/mol. The first-order valence-electron chi connectivity index (χ1n) is 9.19. The van der Waals surface area contributed by atoms with Crippen LogP contribution in [0, 0.1) is 11.7 Å². The number of benzene rings is 1. The lowest BCUT2D eigenvalue weighted by atomic mass is 9.94. The average Bonchev–Trinajstić information content (AvgIpc) is 2.94. The highest BCUT2D eigenvalue weighted by atomic mass is 35.5. The summed E-state index contributed by atoms with van der Waals surface area (Å²) in [5.41, 5.74) is 0.134. The molecule has 6 heteroatoms. The number of nitrogens with zero attached hydrogens (tertiary/aromatic N) is 2. The first-order valence-corrected chi connectivity index (χ1v) is 9.57. The van der Waals surface area contributed by atoms with E-state index in [4.69, 9.17) is 16.3 Å². The van der Waals surface area contributed by atoms with Gasteiger partial charge in [0.05, 0.1) is 5.56 Å². The van der Waals surface area contributed by atoms with Crippen LogP contribution in [0.4, 0.5) is 4.39 Å². The number of rotatable bonds is 2. The van der Waals surface area contributed by atoms with E-state index in [9.17, 15) is 9.18 Å². The number of piperidine rings is 1. The summed E-state index contributed by atoms with van der Waals surface area (Å²) in [6.07, 6.45) is 4.29. The molecule has 4 saturated heterocycles. The molecule has 136 valence electrons. The number of ether oxygens (including phenoxy) is 1. The van der Waals surface area contributed by atoms with E-state index in [1.165, 1.54) is 12.1 Å². The van der Waals surface area contributed by atoms with Crippen LogP contribution in [0.2, 0.25) is 5.02 Å². The zero-order chi connectivity index (χ0) is 17.4. The third-order valence-electron chi connectivity index (χ3n) is 5.87. The van der Waals surface area contributed by atoms with Crippen LogP contribution in [0.5, 0.6) is 0 Å². The van der Waals surface area contributed by atoms with Gasteiger partial charge in [0.15, 0.2) is 0 Å². The van der Waals surface area contributed by atoms with Crippen molar-refractivity contribution in [2.45, 2.75) is 37.8 Å². The van der Waals surface area contributed by atoms with E-state index in [1.54, 1.807) is 6.07 Å². The van der Waals surface area contributed by atoms with Crippen molar-refractivity contribution in [1.29, 1.82) is 0 Å². The number of amides is 1. The molecule has 0 radical (unpaired) electrons. The van der Waals surface area contributed by atoms with E-state index in [0.29, 0.717) is 17.0 Å². The molecule has 0 aliphatic carbocycles. The molecule has 0 spiro atoms. The fourth-order valence-electron chi connectivity index (χ4n) is 4.53. The Labute approximate surface area is 152 Å². The SMILES string of the molecule is O=C(c1ccc(Cl)cc1F)N1C[C@@H]2CC[C@H]1CN(C1CCOCC1)C2. The van der Waals surface area contributed by atoms with Crippen LogP contribution in [0.15, 0.2) is 18.2 Å². The molecular weight excluding hydrogens is 343 g/mol. The molecule has 2 bridgehead atoms. The normalized spacial score (nSPS) is 28.2. The van der Waals surface area contributed by atoms with Crippen LogP contribution in [0.1, 0.15) is 36.0 Å². The van der Waals surface area contributed by atoms with Gasteiger partial charge >= 0.3 is 0 Å². The number of hydrogen-bond donors (Lipinski definition) is 0. The summed E-state index contributed by atoms with van der Waals surface area (Å²) in [6, 6.07) is 5.04. The van der Waals surface area contributed by atoms with Gasteiger partial charge in [-0.15, -0.1) is 0 Å². The summed E-state index contributed by atoms with van der Waals surface area (Å²) in [6.45, 7) is 4.31. The van der Waals surface area contributed by atoms with Crippen LogP contribution in [0.3, 0.4) is 0 Å². The minimum Gasteiger partial charge on any atom is -0.381 e. The van der Waals surface area contributed by atoms with Gasteiger partial charge in [0, 0.05) is 50.0 Å². The second kappa shape index (κ2) is 7.22. The van der Waals surface area contributed by atoms with Gasteiger partial charge in [-0.1, -0.05) is 11.6 Å². The van der Waals surface area contributed by atoms with Gasteiger partial charge in [0.1, 0.15) is 5.82 Å². The van der Waals surface area contributed by atoms with Crippen LogP contribution >= 0.6 is 11.6 Å². The quantitative estimate of drug-likeness (QED) is 0.805. The molecule has 25 heavy (non-hydrogen) atoms. The molecule has 1 amide bonds. The molecule has 4 aliphatic heterocycles. The Bertz CT molecular complexity index is 650. The predicted molar refractivity (Wildman–Crippen MR) is 94.4 cm³/mol. The molecule has 1 aromatic rings. The van der Waals surface area contributed by atoms with Crippen molar-refractivity contribution in [2.75, 3.05) is 32.8 Å². The minimum atomic E-state index is -0.529. The van der Waals surface area contributed by atoms with Crippen LogP contribution in [0.25, 0.3) is 0 Å². The van der Waals surface area contributed by atoms with E-state index < -0.39 is 5.82 Å². The summed E-state index contributed by atoms with van der Waals surface area (Å²) in [4.78, 5) is 17.4. The van der Waals surface area contributed by atoms with E-state index in [0.717, 1.165) is 58.5 Å². The van der Waals surface area contributed by atoms with Gasteiger partial charge < -0.3 is 9.64 Å². The van der Waals surface area contributed by atoms with Crippen molar-refractivity contribution < 1.29 is 13.9 Å². The zero-order valence-corrected chi connectivity index (χ0v) is 15.1. The van der Waals surface area contributed by atoms with Gasteiger partial charge in [0.2, 0.25) is 0 Å². The van der Waals surface area contributed by atoms with Crippen molar-refractivity contribution >= 4 is 17.5 Å². The first kappa shape index (κ1) is 17.3. The lowest BCUT2D eigenvalue weighted by molar-refractivity contribution is 0.0304. The van der Waals surface area contributed by atoms with Gasteiger partial charge in [-0.3, -0.25) is 9.69 Å². The topological polar surface area (TPSA) is 32.8 Å². The minimum absolute atomic E-state index is 0.134. The molecule has 0 aromatic heterocycles. The fraction of sp³-hybridized carbons (Fsp3) is 0.632. The summed E-state index contributed by atoms with van der Waals surface area (Å²) in [7, 11) is 0. The van der Waals surface area contributed by atoms with E-state index in [1.807, 2.05) is 4.90 Å². The summed E-state index contributed by atoms with van der Waals surface area (Å²) >= 11 is 5.82. The Balaban J connectivity index is 1.52. The third-order valence-corrected chi connectivity index (χ3v) is 6.11. The molecule has 1 aromatic carbocycles. The second-order valence-electron chi connectivity index (χ2n) is 7.48. The average molecular weight is 367 g/mol. The number of hydrogen-bond acceptors (Lipinski definition) is 3. The second-order valence-corrected chi connectivity index (χ2v) is 7.91. The molecule has 5 rings (SSSR count). The zero-order valence-electron chi connectivity index (χ0n) is 14.3. The molecule has 0 unspecified atom stereocenters. The van der Waals surface area contributed by atoms with E-state index >= 15 is 0 Å². The van der Waals surface area contributed by atoms with Crippen molar-refractivity contribution in [2.24, 2.45) is 5.92 Å². The third kappa shape index (κ3) is 3.55. The molecule has 4 fully saturated rings. The molecule has 4 aliphatic rings. The highest BCUT2D eigenvalue weighted by Crippen LogP contribution is 2.32. The van der Waals surface area contributed by atoms with Crippen LogP contribution in [-0.2, 0) is 4.74 Å². The number of carbonyl (C=O) groups is 1. The molecule has 0 saturated carbocycles. The fourth-order valence-corrected chi connectivity index (χ4v) is 4.69. The lowest BCUT2D eigenvalue weighted by Gasteiger charge is -2.37.